The first kappa shape index (κ1) is 10.7. The molecular formula is C9H11NO3S. The van der Waals surface area contributed by atoms with Gasteiger partial charge in [0.05, 0.1) is 20.2 Å². The van der Waals surface area contributed by atoms with Gasteiger partial charge in [-0.1, -0.05) is 12.1 Å². The number of carboxylic acid groups (broad SMARTS) is 1. The predicted molar refractivity (Wildman–Crippen MR) is 54.1 cm³/mol. The molecule has 0 aromatic heterocycles. The Morgan fingerprint density at radius 2 is 2.00 bits per heavy atom. The second-order valence-corrected chi connectivity index (χ2v) is 5.20. The molecule has 5 heteroatoms. The van der Waals surface area contributed by atoms with Crippen molar-refractivity contribution < 1.29 is 14.1 Å². The standard InChI is InChI=1S/C9H11NO3S/c1-10-14(2,13)8-6-4-3-5-7(8)9(11)12/h3-6H,1-2H3,(H,11,12)/t14-/m0/s1. The van der Waals surface area contributed by atoms with Gasteiger partial charge in [-0.05, 0) is 12.1 Å². The lowest BCUT2D eigenvalue weighted by Gasteiger charge is -2.06. The van der Waals surface area contributed by atoms with Gasteiger partial charge in [0.2, 0.25) is 0 Å². The van der Waals surface area contributed by atoms with Crippen LogP contribution in [0.4, 0.5) is 0 Å². The van der Waals surface area contributed by atoms with Crippen LogP contribution in [0.15, 0.2) is 33.5 Å². The predicted octanol–water partition coefficient (Wildman–Crippen LogP) is 1.47. The molecule has 0 radical (unpaired) electrons. The van der Waals surface area contributed by atoms with Crippen LogP contribution in [0.25, 0.3) is 0 Å². The van der Waals surface area contributed by atoms with Crippen molar-refractivity contribution in [3.63, 3.8) is 0 Å². The summed E-state index contributed by atoms with van der Waals surface area (Å²) in [5.41, 5.74) is 0.0469. The van der Waals surface area contributed by atoms with E-state index in [9.17, 15) is 9.00 Å². The van der Waals surface area contributed by atoms with Crippen LogP contribution in [0, 0.1) is 0 Å². The number of rotatable bonds is 2. The molecule has 0 saturated heterocycles. The van der Waals surface area contributed by atoms with E-state index < -0.39 is 15.7 Å². The molecule has 0 bridgehead atoms. The lowest BCUT2D eigenvalue weighted by atomic mass is 10.2. The average Bonchev–Trinajstić information content (AvgIpc) is 2.18. The molecule has 0 fully saturated rings. The van der Waals surface area contributed by atoms with Crippen molar-refractivity contribution in [2.24, 2.45) is 4.36 Å². The zero-order valence-electron chi connectivity index (χ0n) is 7.93. The number of nitrogens with zero attached hydrogens (tertiary/aromatic N) is 1. The summed E-state index contributed by atoms with van der Waals surface area (Å²) in [5.74, 6) is -1.08. The maximum absolute atomic E-state index is 11.9. The molecule has 1 aromatic rings. The maximum atomic E-state index is 11.9. The molecule has 1 N–H and O–H groups in total. The third-order valence-electron chi connectivity index (χ3n) is 1.87. The quantitative estimate of drug-likeness (QED) is 0.809. The van der Waals surface area contributed by atoms with E-state index in [0.717, 1.165) is 0 Å². The molecule has 0 aliphatic rings. The van der Waals surface area contributed by atoms with Gasteiger partial charge in [-0.3, -0.25) is 0 Å². The van der Waals surface area contributed by atoms with Crippen molar-refractivity contribution in [1.82, 2.24) is 0 Å². The highest BCUT2D eigenvalue weighted by molar-refractivity contribution is 7.93. The molecule has 76 valence electrons. The molecule has 0 amide bonds. The minimum absolute atomic E-state index is 0.0469. The van der Waals surface area contributed by atoms with E-state index in [4.69, 9.17) is 5.11 Å². The zero-order valence-corrected chi connectivity index (χ0v) is 8.75. The average molecular weight is 213 g/mol. The number of carbonyl (C=O) groups is 1. The van der Waals surface area contributed by atoms with E-state index in [1.165, 1.54) is 25.4 Å². The molecule has 0 heterocycles. The van der Waals surface area contributed by atoms with Gasteiger partial charge in [0.15, 0.2) is 0 Å². The maximum Gasteiger partial charge on any atom is 0.336 e. The highest BCUT2D eigenvalue weighted by Crippen LogP contribution is 2.16. The lowest BCUT2D eigenvalue weighted by Crippen LogP contribution is -2.06. The van der Waals surface area contributed by atoms with Crippen LogP contribution in [0.1, 0.15) is 10.4 Å². The Kier molecular flexibility index (Phi) is 2.90. The second-order valence-electron chi connectivity index (χ2n) is 2.79. The Balaban J connectivity index is 3.51. The van der Waals surface area contributed by atoms with Crippen LogP contribution < -0.4 is 0 Å². The lowest BCUT2D eigenvalue weighted by molar-refractivity contribution is 0.0693. The van der Waals surface area contributed by atoms with E-state index >= 15 is 0 Å². The molecule has 1 atom stereocenters. The minimum atomic E-state index is -2.58. The van der Waals surface area contributed by atoms with Crippen LogP contribution in [-0.4, -0.2) is 28.6 Å². The van der Waals surface area contributed by atoms with E-state index in [2.05, 4.69) is 4.36 Å². The first-order chi connectivity index (χ1) is 6.49. The fourth-order valence-corrected chi connectivity index (χ4v) is 2.16. The van der Waals surface area contributed by atoms with Crippen LogP contribution in [-0.2, 0) is 9.73 Å². The largest absolute Gasteiger partial charge is 0.478 e. The van der Waals surface area contributed by atoms with Gasteiger partial charge in [-0.15, -0.1) is 0 Å². The van der Waals surface area contributed by atoms with Gasteiger partial charge in [0, 0.05) is 13.3 Å². The van der Waals surface area contributed by atoms with Gasteiger partial charge in [0.1, 0.15) is 0 Å². The number of carboxylic acids is 1. The van der Waals surface area contributed by atoms with Gasteiger partial charge >= 0.3 is 5.97 Å². The minimum Gasteiger partial charge on any atom is -0.478 e. The second kappa shape index (κ2) is 3.79. The van der Waals surface area contributed by atoms with Gasteiger partial charge in [0.25, 0.3) is 0 Å². The Morgan fingerprint density at radius 1 is 1.43 bits per heavy atom. The normalized spacial score (nSPS) is 14.4. The summed E-state index contributed by atoms with van der Waals surface area (Å²) in [6.45, 7) is 0. The SMILES string of the molecule is CN=[S@@](C)(=O)c1ccccc1C(=O)O. The van der Waals surface area contributed by atoms with Crippen molar-refractivity contribution >= 4 is 15.7 Å². The van der Waals surface area contributed by atoms with Gasteiger partial charge in [-0.2, -0.15) is 0 Å². The van der Waals surface area contributed by atoms with Crippen LogP contribution in [0.3, 0.4) is 0 Å². The number of hydrogen-bond donors (Lipinski definition) is 1. The van der Waals surface area contributed by atoms with Crippen molar-refractivity contribution in [2.45, 2.75) is 4.90 Å². The molecule has 0 aliphatic carbocycles. The summed E-state index contributed by atoms with van der Waals surface area (Å²) in [7, 11) is -1.16. The monoisotopic (exact) mass is 213 g/mol. The highest BCUT2D eigenvalue weighted by atomic mass is 32.2. The smallest absolute Gasteiger partial charge is 0.336 e. The number of aromatic carboxylic acids is 1. The molecule has 0 unspecified atom stereocenters. The fourth-order valence-electron chi connectivity index (χ4n) is 1.07. The summed E-state index contributed by atoms with van der Waals surface area (Å²) in [6.07, 6.45) is 1.43. The highest BCUT2D eigenvalue weighted by Gasteiger charge is 2.15. The van der Waals surface area contributed by atoms with E-state index in [1.54, 1.807) is 12.1 Å². The summed E-state index contributed by atoms with van der Waals surface area (Å²) < 4.78 is 15.5. The van der Waals surface area contributed by atoms with Crippen molar-refractivity contribution in [3.05, 3.63) is 29.8 Å². The first-order valence-corrected chi connectivity index (χ1v) is 5.84. The van der Waals surface area contributed by atoms with E-state index in [-0.39, 0.29) is 10.5 Å². The summed E-state index contributed by atoms with van der Waals surface area (Å²) in [5, 5.41) is 8.86. The van der Waals surface area contributed by atoms with E-state index in [0.29, 0.717) is 0 Å². The summed E-state index contributed by atoms with van der Waals surface area (Å²) >= 11 is 0. The zero-order chi connectivity index (χ0) is 10.8. The number of benzene rings is 1. The molecule has 0 saturated carbocycles. The Labute approximate surface area is 82.8 Å². The van der Waals surface area contributed by atoms with Gasteiger partial charge < -0.3 is 5.11 Å². The molecule has 1 aromatic carbocycles. The fraction of sp³-hybridized carbons (Fsp3) is 0.222. The van der Waals surface area contributed by atoms with Crippen LogP contribution in [0.2, 0.25) is 0 Å². The molecular weight excluding hydrogens is 202 g/mol. The van der Waals surface area contributed by atoms with Crippen LogP contribution in [0.5, 0.6) is 0 Å². The van der Waals surface area contributed by atoms with Crippen molar-refractivity contribution in [2.75, 3.05) is 13.3 Å². The van der Waals surface area contributed by atoms with Crippen molar-refractivity contribution in [3.8, 4) is 0 Å². The topological polar surface area (TPSA) is 66.7 Å². The van der Waals surface area contributed by atoms with Gasteiger partial charge in [-0.25, -0.2) is 13.4 Å². The third-order valence-corrected chi connectivity index (χ3v) is 3.74. The molecule has 0 spiro atoms. The van der Waals surface area contributed by atoms with Crippen molar-refractivity contribution in [1.29, 1.82) is 0 Å². The molecule has 14 heavy (non-hydrogen) atoms. The molecule has 4 nitrogen and oxygen atoms in total. The Bertz CT molecular complexity index is 473. The Hall–Kier alpha value is -1.36. The molecule has 0 aliphatic heterocycles. The van der Waals surface area contributed by atoms with Crippen LogP contribution >= 0.6 is 0 Å². The Morgan fingerprint density at radius 3 is 2.50 bits per heavy atom. The summed E-state index contributed by atoms with van der Waals surface area (Å²) in [6, 6.07) is 6.19. The third kappa shape index (κ3) is 1.93. The number of hydrogen-bond acceptors (Lipinski definition) is 3. The molecule has 1 rings (SSSR count). The first-order valence-electron chi connectivity index (χ1n) is 3.91. The summed E-state index contributed by atoms with van der Waals surface area (Å²) in [4.78, 5) is 11.1. The van der Waals surface area contributed by atoms with E-state index in [1.807, 2.05) is 0 Å².